The first-order valence-corrected chi connectivity index (χ1v) is 24.8. The van der Waals surface area contributed by atoms with Crippen LogP contribution in [0.1, 0.15) is 15.9 Å². The van der Waals surface area contributed by atoms with Crippen molar-refractivity contribution in [1.29, 1.82) is 0 Å². The van der Waals surface area contributed by atoms with Crippen LogP contribution in [0.2, 0.25) is 25.1 Å². The van der Waals surface area contributed by atoms with E-state index < -0.39 is 33.4 Å². The van der Waals surface area contributed by atoms with E-state index in [0.717, 1.165) is 26.1 Å². The van der Waals surface area contributed by atoms with Crippen LogP contribution in [0.5, 0.6) is 0 Å². The quantitative estimate of drug-likeness (QED) is 0.0780. The van der Waals surface area contributed by atoms with Crippen LogP contribution in [-0.4, -0.2) is 33.4 Å². The minimum absolute atomic E-state index is 0.0440. The first-order valence-electron chi connectivity index (χ1n) is 15.2. The van der Waals surface area contributed by atoms with Crippen LogP contribution < -0.4 is 17.4 Å². The minimum atomic E-state index is -5.36. The Morgan fingerprint density at radius 2 is 0.878 bits per heavy atom. The molecule has 0 bridgehead atoms. The zero-order valence-corrected chi connectivity index (χ0v) is 33.5. The van der Waals surface area contributed by atoms with Gasteiger partial charge in [-0.2, -0.15) is 0 Å². The zero-order chi connectivity index (χ0) is 34.6. The summed E-state index contributed by atoms with van der Waals surface area (Å²) in [5.74, 6) is -0.763. The second kappa shape index (κ2) is 15.1. The Labute approximate surface area is 317 Å². The molecule has 0 saturated heterocycles. The van der Waals surface area contributed by atoms with E-state index in [0.29, 0.717) is 5.21 Å². The average molecular weight is 869 g/mol. The molecular weight excluding hydrogens is 840 g/mol. The van der Waals surface area contributed by atoms with Gasteiger partial charge in [-0.15, -0.1) is 0 Å². The van der Waals surface area contributed by atoms with Gasteiger partial charge in [0.1, 0.15) is 0 Å². The summed E-state index contributed by atoms with van der Waals surface area (Å²) in [7, 11) is 0. The molecule has 0 aliphatic carbocycles. The molecule has 0 aliphatic rings. The van der Waals surface area contributed by atoms with Crippen molar-refractivity contribution < 1.29 is 8.52 Å². The van der Waals surface area contributed by atoms with Crippen molar-refractivity contribution in [3.8, 4) is 0 Å². The molecule has 0 N–H and O–H groups in total. The number of hydrogen-bond donors (Lipinski definition) is 0. The van der Waals surface area contributed by atoms with E-state index in [1.165, 1.54) is 0 Å². The molecule has 0 heterocycles. The second-order valence-electron chi connectivity index (χ2n) is 11.3. The molecule has 0 unspecified atom stereocenters. The zero-order valence-electron chi connectivity index (χ0n) is 25.9. The number of hydrogen-bond acceptors (Lipinski definition) is 2. The molecule has 0 atom stereocenters. The molecule has 246 valence electrons. The standard InChI is InChI=1S/C40H29As2Cl5O2/c1-28(41(30-19-9-3-10-20-30)31-21-11-4-12-22-31)42(32-23-13-5-14-24-32,33-25-15-6-16-26-33,27-29-17-7-2-8-18-29)49-40(48)34-35(43)37(45)39(47)38(46)36(34)44/h2-26H,1,27H2. The normalized spacial score (nSPS) is 12.2. The Bertz CT molecular complexity index is 2010. The average Bonchev–Trinajstić information content (AvgIpc) is 3.15. The summed E-state index contributed by atoms with van der Waals surface area (Å²) < 4.78 is 12.4. The fourth-order valence-electron chi connectivity index (χ4n) is 6.16. The van der Waals surface area contributed by atoms with Crippen LogP contribution in [0, 0.1) is 0 Å². The summed E-state index contributed by atoms with van der Waals surface area (Å²) >= 11 is 25.1. The predicted molar refractivity (Wildman–Crippen MR) is 212 cm³/mol. The SMILES string of the molecule is C=C([As](c1ccccc1)c1ccccc1)[As](Cc1ccccc1)(OC(=O)c1c(Cl)c(Cl)c(Cl)c(Cl)c1Cl)(c1ccccc1)c1ccccc1. The van der Waals surface area contributed by atoms with Crippen LogP contribution >= 0.6 is 58.0 Å². The molecule has 0 amide bonds. The van der Waals surface area contributed by atoms with Gasteiger partial charge in [-0.3, -0.25) is 0 Å². The Kier molecular flexibility index (Phi) is 11.1. The first-order chi connectivity index (χ1) is 23.7. The van der Waals surface area contributed by atoms with Gasteiger partial charge in [0.15, 0.2) is 0 Å². The van der Waals surface area contributed by atoms with Crippen molar-refractivity contribution in [2.45, 2.75) is 5.21 Å². The Balaban J connectivity index is 1.78. The van der Waals surface area contributed by atoms with Crippen LogP contribution in [0.3, 0.4) is 0 Å². The van der Waals surface area contributed by atoms with Crippen molar-refractivity contribution in [2.75, 3.05) is 0 Å². The van der Waals surface area contributed by atoms with Gasteiger partial charge in [-0.25, -0.2) is 0 Å². The molecule has 0 aliphatic heterocycles. The number of benzene rings is 6. The topological polar surface area (TPSA) is 26.3 Å². The van der Waals surface area contributed by atoms with Crippen molar-refractivity contribution in [3.05, 3.63) is 198 Å². The van der Waals surface area contributed by atoms with E-state index in [4.69, 9.17) is 68.3 Å². The van der Waals surface area contributed by atoms with Gasteiger partial charge in [0.25, 0.3) is 0 Å². The molecule has 0 aromatic heterocycles. The van der Waals surface area contributed by atoms with Crippen LogP contribution in [0.15, 0.2) is 161 Å². The second-order valence-corrected chi connectivity index (χ2v) is 29.0. The maximum atomic E-state index is 15.1. The van der Waals surface area contributed by atoms with Gasteiger partial charge in [-0.1, -0.05) is 0 Å². The number of rotatable bonds is 10. The Morgan fingerprint density at radius 3 is 1.29 bits per heavy atom. The van der Waals surface area contributed by atoms with Crippen molar-refractivity contribution in [2.24, 2.45) is 0 Å². The number of carbonyl (C=O) groups excluding carboxylic acids is 1. The summed E-state index contributed by atoms with van der Waals surface area (Å²) in [6.45, 7) is 5.07. The molecule has 0 fully saturated rings. The van der Waals surface area contributed by atoms with E-state index >= 15 is 4.79 Å². The molecule has 6 aromatic carbocycles. The molecule has 0 saturated carbocycles. The molecule has 49 heavy (non-hydrogen) atoms. The molecular formula is C40H29As2Cl5O2. The van der Waals surface area contributed by atoms with Gasteiger partial charge in [0, 0.05) is 0 Å². The van der Waals surface area contributed by atoms with E-state index in [-0.39, 0.29) is 30.7 Å². The summed E-state index contributed by atoms with van der Waals surface area (Å²) in [5.41, 5.74) is 0.829. The summed E-state index contributed by atoms with van der Waals surface area (Å²) in [6, 6.07) is 50.8. The van der Waals surface area contributed by atoms with Crippen LogP contribution in [-0.2, 0) is 8.93 Å². The molecule has 6 rings (SSSR count). The molecule has 2 nitrogen and oxygen atoms in total. The summed E-state index contributed by atoms with van der Waals surface area (Å²) in [5, 5.41) is -0.117. The summed E-state index contributed by atoms with van der Waals surface area (Å²) in [6.07, 6.45) is 0. The van der Waals surface area contributed by atoms with Gasteiger partial charge in [0.2, 0.25) is 0 Å². The predicted octanol–water partition coefficient (Wildman–Crippen LogP) is 9.55. The summed E-state index contributed by atoms with van der Waals surface area (Å²) in [4.78, 5) is 15.1. The van der Waals surface area contributed by atoms with Crippen molar-refractivity contribution in [1.82, 2.24) is 0 Å². The third-order valence-corrected chi connectivity index (χ3v) is 33.4. The molecule has 9 heteroatoms. The Hall–Kier alpha value is -2.90. The molecule has 0 spiro atoms. The van der Waals surface area contributed by atoms with E-state index in [9.17, 15) is 0 Å². The van der Waals surface area contributed by atoms with Gasteiger partial charge in [-0.05, 0) is 0 Å². The monoisotopic (exact) mass is 866 g/mol. The van der Waals surface area contributed by atoms with Gasteiger partial charge in [0.05, 0.1) is 0 Å². The number of halogens is 5. The third kappa shape index (κ3) is 6.55. The fraction of sp³-hybridized carbons (Fsp3) is 0.0250. The van der Waals surface area contributed by atoms with E-state index in [2.05, 4.69) is 36.4 Å². The third-order valence-electron chi connectivity index (χ3n) is 8.46. The van der Waals surface area contributed by atoms with Crippen molar-refractivity contribution in [3.63, 3.8) is 0 Å². The van der Waals surface area contributed by atoms with Crippen LogP contribution in [0.25, 0.3) is 0 Å². The molecule has 0 radical (unpaired) electrons. The Morgan fingerprint density at radius 1 is 0.531 bits per heavy atom. The van der Waals surface area contributed by atoms with Gasteiger partial charge >= 0.3 is 320 Å². The first kappa shape index (κ1) is 35.9. The van der Waals surface area contributed by atoms with E-state index in [1.807, 2.05) is 115 Å². The fourth-order valence-corrected chi connectivity index (χ4v) is 33.1. The number of carbonyl (C=O) groups is 1. The van der Waals surface area contributed by atoms with Crippen LogP contribution in [0.4, 0.5) is 0 Å². The van der Waals surface area contributed by atoms with Crippen molar-refractivity contribution >= 4 is 109 Å². The molecule has 6 aromatic rings. The van der Waals surface area contributed by atoms with E-state index in [1.54, 1.807) is 0 Å². The maximum absolute atomic E-state index is 15.1. The van der Waals surface area contributed by atoms with Gasteiger partial charge < -0.3 is 0 Å².